The summed E-state index contributed by atoms with van der Waals surface area (Å²) >= 11 is 0. The molecule has 0 fully saturated rings. The van der Waals surface area contributed by atoms with E-state index in [1.54, 1.807) is 21.3 Å². The fraction of sp³-hybridized carbons (Fsp3) is 0.306. The van der Waals surface area contributed by atoms with Crippen molar-refractivity contribution < 1.29 is 87.8 Å². The van der Waals surface area contributed by atoms with Crippen LogP contribution in [0.15, 0.2) is 132 Å². The molecule has 0 spiro atoms. The molecule has 0 aromatic heterocycles. The van der Waals surface area contributed by atoms with Crippen LogP contribution in [0.2, 0.25) is 0 Å². The first-order chi connectivity index (χ1) is 29.8. The number of benzene rings is 5. The van der Waals surface area contributed by atoms with Gasteiger partial charge in [0.05, 0.1) is 45.6 Å². The summed E-state index contributed by atoms with van der Waals surface area (Å²) in [4.78, 5) is 34.1. The van der Waals surface area contributed by atoms with Gasteiger partial charge in [-0.3, -0.25) is 9.59 Å². The molecule has 14 nitrogen and oxygen atoms in total. The van der Waals surface area contributed by atoms with Crippen molar-refractivity contribution in [3.8, 4) is 28.7 Å². The van der Waals surface area contributed by atoms with Gasteiger partial charge in [0.2, 0.25) is 0 Å². The molecule has 2 unspecified atom stereocenters. The number of hydrogen-bond donors (Lipinski definition) is 1. The average molecular weight is 898 g/mol. The molecule has 3 radical (unpaired) electrons. The molecule has 7 rings (SSSR count). The number of ether oxygens (including phenoxy) is 6. The minimum atomic E-state index is -0.857. The summed E-state index contributed by atoms with van der Waals surface area (Å²) in [6.07, 6.45) is 1.53. The molecule has 2 N–H and O–H groups in total. The van der Waals surface area contributed by atoms with E-state index in [0.717, 1.165) is 68.0 Å². The van der Waals surface area contributed by atoms with Gasteiger partial charge < -0.3 is 48.7 Å². The first kappa shape index (κ1) is 55.1. The van der Waals surface area contributed by atoms with Crippen LogP contribution < -0.4 is 53.2 Å². The first-order valence-electron chi connectivity index (χ1n) is 19.9. The Morgan fingerprint density at radius 2 is 0.892 bits per heavy atom. The number of carboxylic acids is 1. The number of aliphatic carboxylic acids is 1. The molecule has 2 heterocycles. The van der Waals surface area contributed by atoms with Crippen LogP contribution in [-0.2, 0) is 43.8 Å². The molecule has 65 heavy (non-hydrogen) atoms. The minimum Gasteiger partial charge on any atom is -0.870 e. The molecular formula is C49H55BN2NaO12. The number of hydrogen-bond acceptors (Lipinski definition) is 13. The number of carbonyl (C=O) groups excluding carboxylic acids is 1. The Morgan fingerprint density at radius 3 is 1.22 bits per heavy atom. The molecule has 2 atom stereocenters. The quantitative estimate of drug-likeness (QED) is 0.0759. The third kappa shape index (κ3) is 17.1. The van der Waals surface area contributed by atoms with Crippen LogP contribution in [0.5, 0.6) is 28.7 Å². The number of carboxylic acid groups (broad SMARTS) is 1. The van der Waals surface area contributed by atoms with Crippen LogP contribution in [0.1, 0.15) is 72.8 Å². The first-order valence-corrected chi connectivity index (χ1v) is 19.9. The minimum absolute atomic E-state index is 0. The van der Waals surface area contributed by atoms with Gasteiger partial charge in [0.15, 0.2) is 0 Å². The maximum Gasteiger partial charge on any atom is 1.00 e. The Bertz CT molecular complexity index is 2220. The van der Waals surface area contributed by atoms with Gasteiger partial charge in [-0.25, -0.2) is 0 Å². The van der Waals surface area contributed by atoms with E-state index in [1.165, 1.54) is 0 Å². The van der Waals surface area contributed by atoms with Crippen LogP contribution >= 0.6 is 0 Å². The summed E-state index contributed by atoms with van der Waals surface area (Å²) < 4.78 is 32.7. The molecule has 16 heteroatoms. The molecule has 2 aliphatic heterocycles. The molecule has 0 bridgehead atoms. The maximum atomic E-state index is 12.7. The molecular weight excluding hydrogens is 842 g/mol. The van der Waals surface area contributed by atoms with Crippen LogP contribution in [0, 0.1) is 0 Å². The van der Waals surface area contributed by atoms with Gasteiger partial charge in [-0.15, -0.1) is 0 Å². The second-order valence-corrected chi connectivity index (χ2v) is 14.2. The van der Waals surface area contributed by atoms with Gasteiger partial charge in [0.1, 0.15) is 61.8 Å². The van der Waals surface area contributed by atoms with Gasteiger partial charge in [-0.2, -0.15) is 0 Å². The fourth-order valence-corrected chi connectivity index (χ4v) is 6.64. The zero-order valence-electron chi connectivity index (χ0n) is 36.5. The summed E-state index contributed by atoms with van der Waals surface area (Å²) in [5.74, 6) is 2.22. The Hall–Kier alpha value is -6.00. The van der Waals surface area contributed by atoms with Crippen molar-refractivity contribution in [2.24, 2.45) is 10.3 Å². The van der Waals surface area contributed by atoms with Crippen LogP contribution in [0.3, 0.4) is 0 Å². The van der Waals surface area contributed by atoms with Gasteiger partial charge in [-0.05, 0) is 88.5 Å². The van der Waals surface area contributed by atoms with E-state index in [9.17, 15) is 14.7 Å². The summed E-state index contributed by atoms with van der Waals surface area (Å²) in [6.45, 7) is 2.13. The van der Waals surface area contributed by atoms with Gasteiger partial charge in [0, 0.05) is 33.1 Å². The van der Waals surface area contributed by atoms with Crippen molar-refractivity contribution in [1.82, 2.24) is 0 Å². The number of methoxy groups -OCH3 is 3. The van der Waals surface area contributed by atoms with Crippen LogP contribution in [0.4, 0.5) is 0 Å². The Balaban J connectivity index is 0.000000437. The van der Waals surface area contributed by atoms with Gasteiger partial charge in [0.25, 0.3) is 0 Å². The van der Waals surface area contributed by atoms with E-state index in [0.29, 0.717) is 39.3 Å². The molecule has 5 aromatic carbocycles. The van der Waals surface area contributed by atoms with E-state index in [2.05, 4.69) is 10.3 Å². The zero-order chi connectivity index (χ0) is 42.8. The Labute approximate surface area is 405 Å². The van der Waals surface area contributed by atoms with Gasteiger partial charge >= 0.3 is 41.5 Å². The molecule has 0 aliphatic carbocycles. The molecule has 2 aliphatic rings. The number of nitrogens with zero attached hydrogens (tertiary/aromatic N) is 2. The van der Waals surface area contributed by atoms with Crippen molar-refractivity contribution in [2.75, 3.05) is 34.5 Å². The summed E-state index contributed by atoms with van der Waals surface area (Å²) in [6, 6.07) is 38.1. The largest absolute Gasteiger partial charge is 1.00 e. The van der Waals surface area contributed by atoms with Crippen LogP contribution in [-0.4, -0.2) is 76.9 Å². The predicted octanol–water partition coefficient (Wildman–Crippen LogP) is 5.97. The van der Waals surface area contributed by atoms with Crippen molar-refractivity contribution in [1.29, 1.82) is 0 Å². The number of rotatable bonds is 19. The molecule has 337 valence electrons. The Morgan fingerprint density at radius 1 is 0.554 bits per heavy atom. The van der Waals surface area contributed by atoms with Crippen LogP contribution in [0.25, 0.3) is 0 Å². The van der Waals surface area contributed by atoms with Crippen molar-refractivity contribution >= 4 is 31.8 Å². The number of oxime groups is 2. The summed E-state index contributed by atoms with van der Waals surface area (Å²) in [7, 11) is 4.89. The van der Waals surface area contributed by atoms with Crippen molar-refractivity contribution in [3.63, 3.8) is 0 Å². The Kier molecular flexibility index (Phi) is 24.4. The summed E-state index contributed by atoms with van der Waals surface area (Å²) in [5.41, 5.74) is 6.47. The van der Waals surface area contributed by atoms with E-state index in [1.807, 2.05) is 121 Å². The predicted molar refractivity (Wildman–Crippen MR) is 243 cm³/mol. The van der Waals surface area contributed by atoms with Crippen molar-refractivity contribution in [2.45, 2.75) is 64.8 Å². The molecule has 0 amide bonds. The monoisotopic (exact) mass is 897 g/mol. The topological polar surface area (TPSA) is 183 Å². The van der Waals surface area contributed by atoms with Crippen molar-refractivity contribution in [3.05, 3.63) is 149 Å². The van der Waals surface area contributed by atoms with E-state index < -0.39 is 5.97 Å². The number of esters is 1. The number of carbonyl (C=O) groups is 2. The standard InChI is InChI=1S/C28H29NO6.C20H21NO5.CH4.B.Na.H2O/c1-31-23-9-3-20(4-10-23)18-33-25-13-7-22(8-14-25)26(27-15-16-35-29-27)17-28(30)34-19-21-5-11-24(32-2)12-6-21;1-24-16-6-2-14(3-7-16)13-25-17-8-4-15(5-9-17)18(12-20(22)23)19-10-11-26-21-19;;;;/h3-14,26H,15-19H2,1-2H3;2-9,18H,10-13H2,1H3,(H,22,23);1H4;;;1H2/q;;;;+1;/p-1. The van der Waals surface area contributed by atoms with E-state index in [4.69, 9.17) is 38.1 Å². The SMILES string of the molecule is C.COc1ccc(COC(=O)CC(C2=NOCC2)c2ccc(OCc3ccc(OC)cc3)cc2)cc1.COc1ccc(COc2ccc(C(CC(=O)O)C3=NOCC3)cc2)cc1.[B].[Na+].[OH-]. The smallest absolute Gasteiger partial charge is 0.870 e. The third-order valence-corrected chi connectivity index (χ3v) is 10.1. The zero-order valence-corrected chi connectivity index (χ0v) is 38.5. The average Bonchev–Trinajstić information content (AvgIpc) is 4.05. The van der Waals surface area contributed by atoms with E-state index in [-0.39, 0.29) is 88.1 Å². The van der Waals surface area contributed by atoms with Gasteiger partial charge in [-0.1, -0.05) is 78.4 Å². The summed E-state index contributed by atoms with van der Waals surface area (Å²) in [5, 5.41) is 17.3. The second-order valence-electron chi connectivity index (χ2n) is 14.2. The molecule has 5 aromatic rings. The third-order valence-electron chi connectivity index (χ3n) is 10.1. The molecule has 0 saturated carbocycles. The fourth-order valence-electron chi connectivity index (χ4n) is 6.64. The maximum absolute atomic E-state index is 12.7. The van der Waals surface area contributed by atoms with E-state index >= 15 is 0 Å². The second kappa shape index (κ2) is 28.7. The molecule has 0 saturated heterocycles. The normalized spacial score (nSPS) is 12.9.